The highest BCUT2D eigenvalue weighted by atomic mass is 16.5. The highest BCUT2D eigenvalue weighted by Crippen LogP contribution is 2.48. The van der Waals surface area contributed by atoms with Crippen LogP contribution in [0, 0.1) is 6.92 Å². The highest BCUT2D eigenvalue weighted by Gasteiger charge is 2.42. The number of esters is 1. The summed E-state index contributed by atoms with van der Waals surface area (Å²) in [6.07, 6.45) is 6.06. The Labute approximate surface area is 306 Å². The number of ether oxygens (including phenoxy) is 1. The van der Waals surface area contributed by atoms with Gasteiger partial charge < -0.3 is 14.7 Å². The summed E-state index contributed by atoms with van der Waals surface area (Å²) in [5.74, 6) is -1.31. The number of hydrogen-bond donors (Lipinski definition) is 2. The van der Waals surface area contributed by atoms with E-state index in [9.17, 15) is 14.4 Å². The molecule has 0 spiro atoms. The smallest absolute Gasteiger partial charge is 0.305 e. The van der Waals surface area contributed by atoms with Crippen molar-refractivity contribution < 1.29 is 19.1 Å². The van der Waals surface area contributed by atoms with Crippen molar-refractivity contribution >= 4 is 50.9 Å². The normalized spacial score (nSPS) is 20.3. The molecule has 1 aromatic carbocycles. The second kappa shape index (κ2) is 13.6. The summed E-state index contributed by atoms with van der Waals surface area (Å²) in [5.41, 5.74) is 11.5. The fourth-order valence-electron chi connectivity index (χ4n) is 8.83. The summed E-state index contributed by atoms with van der Waals surface area (Å²) >= 11 is 0. The molecule has 0 aliphatic carbocycles. The Bertz CT molecular complexity index is 2240. The maximum Gasteiger partial charge on any atom is 0.305 e. The number of aromatic amines is 2. The number of H-pyrrole nitrogens is 2. The minimum absolute atomic E-state index is 0.126. The largest absolute Gasteiger partial charge is 0.469 e. The van der Waals surface area contributed by atoms with Crippen LogP contribution in [0.25, 0.3) is 33.1 Å². The predicted molar refractivity (Wildman–Crippen MR) is 206 cm³/mol. The molecule has 0 saturated heterocycles. The molecule has 0 radical (unpaired) electrons. The number of fused-ring (bicyclic) bond motifs is 8. The van der Waals surface area contributed by atoms with E-state index in [4.69, 9.17) is 14.7 Å². The molecule has 3 aromatic rings. The van der Waals surface area contributed by atoms with Crippen molar-refractivity contribution in [2.45, 2.75) is 117 Å². The summed E-state index contributed by atoms with van der Waals surface area (Å²) in [6.45, 7) is 15.4. The summed E-state index contributed by atoms with van der Waals surface area (Å²) in [7, 11) is 1.40. The average molecular weight is 702 g/mol. The Balaban J connectivity index is 1.64. The van der Waals surface area contributed by atoms with Crippen molar-refractivity contribution in [2.75, 3.05) is 13.7 Å². The van der Waals surface area contributed by atoms with Gasteiger partial charge in [0.1, 0.15) is 0 Å². The molecule has 8 bridgehead atoms. The number of nitrogens with zero attached hydrogens (tertiary/aromatic N) is 3. The van der Waals surface area contributed by atoms with Crippen molar-refractivity contribution in [3.8, 4) is 0 Å². The quantitative estimate of drug-likeness (QED) is 0.123. The van der Waals surface area contributed by atoms with E-state index in [0.717, 1.165) is 94.4 Å². The molecule has 2 aromatic heterocycles. The van der Waals surface area contributed by atoms with Gasteiger partial charge in [-0.2, -0.15) is 0 Å². The summed E-state index contributed by atoms with van der Waals surface area (Å²) < 4.78 is 5.08. The van der Waals surface area contributed by atoms with Crippen LogP contribution in [0.4, 0.5) is 0 Å². The van der Waals surface area contributed by atoms with Gasteiger partial charge in [0.05, 0.1) is 52.0 Å². The number of carbonyl (C=O) groups excluding carboxylic acids is 3. The fraction of sp³-hybridized carbons (Fsp3) is 0.465. The van der Waals surface area contributed by atoms with Crippen LogP contribution >= 0.6 is 0 Å². The number of nitrogens with one attached hydrogen (secondary N) is 2. The number of unbranched alkanes of at least 4 members (excludes halogenated alkanes) is 3. The molecule has 0 fully saturated rings. The molecule has 2 amide bonds. The molecule has 52 heavy (non-hydrogen) atoms. The Kier molecular flexibility index (Phi) is 9.34. The predicted octanol–water partition coefficient (Wildman–Crippen LogP) is 9.57. The lowest BCUT2D eigenvalue weighted by Crippen LogP contribution is -2.41. The van der Waals surface area contributed by atoms with Gasteiger partial charge in [0.2, 0.25) is 0 Å². The van der Waals surface area contributed by atoms with Gasteiger partial charge in [-0.3, -0.25) is 24.3 Å². The van der Waals surface area contributed by atoms with Crippen LogP contribution in [-0.2, 0) is 14.9 Å². The maximum absolute atomic E-state index is 14.8. The van der Waals surface area contributed by atoms with E-state index in [0.29, 0.717) is 35.3 Å². The molecule has 6 heterocycles. The van der Waals surface area contributed by atoms with Gasteiger partial charge in [0, 0.05) is 46.8 Å². The first-order valence-corrected chi connectivity index (χ1v) is 19.1. The third-order valence-electron chi connectivity index (χ3n) is 12.3. The van der Waals surface area contributed by atoms with Gasteiger partial charge in [0.25, 0.3) is 11.8 Å². The van der Waals surface area contributed by atoms with E-state index >= 15 is 0 Å². The zero-order chi connectivity index (χ0) is 37.1. The second-order valence-corrected chi connectivity index (χ2v) is 15.1. The Morgan fingerprint density at radius 3 is 2.42 bits per heavy atom. The minimum atomic E-state index is -0.336. The number of carbonyl (C=O) groups is 3. The summed E-state index contributed by atoms with van der Waals surface area (Å²) in [4.78, 5) is 61.2. The first-order chi connectivity index (χ1) is 25.0. The zero-order valence-corrected chi connectivity index (χ0v) is 31.9. The first-order valence-electron chi connectivity index (χ1n) is 19.1. The number of allylic oxidation sites excluding steroid dienone is 2. The minimum Gasteiger partial charge on any atom is -0.469 e. The highest BCUT2D eigenvalue weighted by molar-refractivity contribution is 6.23. The number of benzene rings is 1. The van der Waals surface area contributed by atoms with Crippen LogP contribution in [0.1, 0.15) is 165 Å². The molecule has 4 aliphatic heterocycles. The Morgan fingerprint density at radius 1 is 0.942 bits per heavy atom. The van der Waals surface area contributed by atoms with Gasteiger partial charge in [-0.25, -0.2) is 4.98 Å². The number of methoxy groups -OCH3 is 1. The number of rotatable bonds is 10. The molecule has 7 rings (SSSR count). The number of amides is 2. The average Bonchev–Trinajstić information content (AvgIpc) is 3.82. The van der Waals surface area contributed by atoms with Crippen molar-refractivity contribution in [3.63, 3.8) is 0 Å². The van der Waals surface area contributed by atoms with Crippen LogP contribution in [0.2, 0.25) is 0 Å². The van der Waals surface area contributed by atoms with Crippen molar-refractivity contribution in [2.24, 2.45) is 0 Å². The van der Waals surface area contributed by atoms with Crippen LogP contribution in [-0.4, -0.2) is 56.3 Å². The topological polar surface area (TPSA) is 121 Å². The van der Waals surface area contributed by atoms with E-state index in [2.05, 4.69) is 75.8 Å². The van der Waals surface area contributed by atoms with Gasteiger partial charge >= 0.3 is 5.97 Å². The Morgan fingerprint density at radius 2 is 1.71 bits per heavy atom. The summed E-state index contributed by atoms with van der Waals surface area (Å²) in [6, 6.07) is 10.6. The van der Waals surface area contributed by atoms with Gasteiger partial charge in [-0.1, -0.05) is 65.2 Å². The molecule has 4 aliphatic rings. The van der Waals surface area contributed by atoms with Crippen molar-refractivity contribution in [1.82, 2.24) is 24.8 Å². The molecule has 1 unspecified atom stereocenters. The van der Waals surface area contributed by atoms with Crippen LogP contribution in [0.15, 0.2) is 30.3 Å². The summed E-state index contributed by atoms with van der Waals surface area (Å²) in [5, 5.41) is 0.980. The number of imide groups is 1. The third-order valence-corrected chi connectivity index (χ3v) is 12.3. The third kappa shape index (κ3) is 5.46. The number of aryl methyl sites for hydroxylation is 1. The van der Waals surface area contributed by atoms with Crippen molar-refractivity contribution in [1.29, 1.82) is 0 Å². The molecule has 0 saturated carbocycles. The van der Waals surface area contributed by atoms with Crippen molar-refractivity contribution in [3.05, 3.63) is 81.1 Å². The van der Waals surface area contributed by atoms with E-state index in [1.54, 1.807) is 0 Å². The monoisotopic (exact) mass is 701 g/mol. The fourth-order valence-corrected chi connectivity index (χ4v) is 8.83. The van der Waals surface area contributed by atoms with E-state index in [1.807, 2.05) is 13.0 Å². The van der Waals surface area contributed by atoms with E-state index in [-0.39, 0.29) is 41.5 Å². The molecular formula is C43H51N5O4. The van der Waals surface area contributed by atoms with Crippen LogP contribution < -0.4 is 0 Å². The number of hydrogen-bond acceptors (Lipinski definition) is 6. The number of aromatic nitrogens is 4. The molecular weight excluding hydrogens is 651 g/mol. The zero-order valence-electron chi connectivity index (χ0n) is 31.9. The standard InChI is InChI=1S/C43H51N5O4/c1-9-12-13-14-20-48-41(50)35-25(6)30-21-32-26(10-2)23(4)31(44-32)22-33-43(7,11-3)29-17-15-16-28(38(29)46-33)37-24(5)27(18-19-34(49)52-8)39(47-37)36(42(48)51)40(35)45-30/h15-17,21-22,24,27,45-46H,9-14,18-20H2,1-8H3/t24-,27-,43?/m0/s1. The molecule has 9 heteroatoms. The lowest BCUT2D eigenvalue weighted by Gasteiger charge is -2.27. The lowest BCUT2D eigenvalue weighted by molar-refractivity contribution is -0.140. The van der Waals surface area contributed by atoms with E-state index in [1.165, 1.54) is 17.6 Å². The first kappa shape index (κ1) is 35.6. The second-order valence-electron chi connectivity index (χ2n) is 15.1. The van der Waals surface area contributed by atoms with Gasteiger partial charge in [-0.05, 0) is 80.9 Å². The number of para-hydroxylation sites is 1. The SMILES string of the molecule is CCCCCCN1C(=O)c2c3nc(c4cccc5c4[nH]c(cc4nc(cc6[nH]c2c(c6C)C1=O)C(CC)=C4C)C5(C)CC)[C@@H](C)[C@@H]3CCC(=O)OC. The Hall–Kier alpha value is -4.79. The molecule has 2 N–H and O–H groups in total. The molecule has 3 atom stereocenters. The lowest BCUT2D eigenvalue weighted by atomic mass is 9.77. The maximum atomic E-state index is 14.8. The van der Waals surface area contributed by atoms with Gasteiger partial charge in [0.15, 0.2) is 0 Å². The van der Waals surface area contributed by atoms with Crippen LogP contribution in [0.5, 0.6) is 0 Å². The molecule has 9 nitrogen and oxygen atoms in total. The van der Waals surface area contributed by atoms with Crippen LogP contribution in [0.3, 0.4) is 0 Å². The molecule has 272 valence electrons. The van der Waals surface area contributed by atoms with E-state index < -0.39 is 0 Å². The van der Waals surface area contributed by atoms with Gasteiger partial charge in [-0.15, -0.1) is 0 Å².